The standard InChI is InChI=1S/C17H21F2N3O3/c1-4-22-10-13(11(3)21-22)9-20-16(23)12-6-7-14(25-17(18)19)15(8-12)24-5-2/h6-8,10,17H,4-5,9H2,1-3H3,(H,20,23). The summed E-state index contributed by atoms with van der Waals surface area (Å²) in [7, 11) is 0. The molecule has 0 aliphatic heterocycles. The highest BCUT2D eigenvalue weighted by molar-refractivity contribution is 5.94. The first-order chi connectivity index (χ1) is 11.9. The van der Waals surface area contributed by atoms with Gasteiger partial charge in [0.15, 0.2) is 11.5 Å². The van der Waals surface area contributed by atoms with Crippen LogP contribution >= 0.6 is 0 Å². The zero-order chi connectivity index (χ0) is 18.4. The number of rotatable bonds is 8. The van der Waals surface area contributed by atoms with Gasteiger partial charge in [-0.2, -0.15) is 13.9 Å². The van der Waals surface area contributed by atoms with E-state index < -0.39 is 6.61 Å². The van der Waals surface area contributed by atoms with Gasteiger partial charge in [-0.3, -0.25) is 9.48 Å². The van der Waals surface area contributed by atoms with Crippen LogP contribution in [0.2, 0.25) is 0 Å². The minimum atomic E-state index is -2.96. The van der Waals surface area contributed by atoms with Crippen LogP contribution in [0.1, 0.15) is 35.5 Å². The molecule has 0 bridgehead atoms. The number of carbonyl (C=O) groups excluding carboxylic acids is 1. The first-order valence-electron chi connectivity index (χ1n) is 7.97. The number of aromatic nitrogens is 2. The molecule has 0 saturated heterocycles. The maximum absolute atomic E-state index is 12.4. The smallest absolute Gasteiger partial charge is 0.387 e. The molecule has 6 nitrogen and oxygen atoms in total. The number of nitrogens with one attached hydrogen (secondary N) is 1. The molecule has 0 aliphatic rings. The zero-order valence-corrected chi connectivity index (χ0v) is 14.4. The average molecular weight is 353 g/mol. The normalized spacial score (nSPS) is 10.8. The maximum Gasteiger partial charge on any atom is 0.387 e. The molecule has 0 unspecified atom stereocenters. The molecule has 1 aromatic carbocycles. The van der Waals surface area contributed by atoms with Crippen molar-refractivity contribution in [1.29, 1.82) is 0 Å². The van der Waals surface area contributed by atoms with Crippen LogP contribution in [-0.2, 0) is 13.1 Å². The molecule has 0 fully saturated rings. The highest BCUT2D eigenvalue weighted by atomic mass is 19.3. The van der Waals surface area contributed by atoms with Crippen LogP contribution in [0.15, 0.2) is 24.4 Å². The van der Waals surface area contributed by atoms with E-state index in [-0.39, 0.29) is 24.0 Å². The largest absolute Gasteiger partial charge is 0.490 e. The van der Waals surface area contributed by atoms with Gasteiger partial charge in [-0.25, -0.2) is 0 Å². The molecule has 2 rings (SSSR count). The number of carbonyl (C=O) groups is 1. The minimum absolute atomic E-state index is 0.102. The number of aryl methyl sites for hydroxylation is 2. The third kappa shape index (κ3) is 4.91. The Labute approximate surface area is 144 Å². The van der Waals surface area contributed by atoms with E-state index in [1.54, 1.807) is 11.6 Å². The Kier molecular flexibility index (Phi) is 6.32. The van der Waals surface area contributed by atoms with Gasteiger partial charge in [0.05, 0.1) is 12.3 Å². The van der Waals surface area contributed by atoms with Gasteiger partial charge in [0, 0.05) is 30.4 Å². The fourth-order valence-corrected chi connectivity index (χ4v) is 2.28. The molecular formula is C17H21F2N3O3. The van der Waals surface area contributed by atoms with Crippen molar-refractivity contribution in [3.63, 3.8) is 0 Å². The lowest BCUT2D eigenvalue weighted by molar-refractivity contribution is -0.0514. The number of amides is 1. The van der Waals surface area contributed by atoms with Crippen molar-refractivity contribution in [2.45, 2.75) is 40.5 Å². The minimum Gasteiger partial charge on any atom is -0.490 e. The van der Waals surface area contributed by atoms with E-state index in [0.29, 0.717) is 12.1 Å². The van der Waals surface area contributed by atoms with Gasteiger partial charge in [-0.05, 0) is 39.0 Å². The fraction of sp³-hybridized carbons (Fsp3) is 0.412. The SMILES string of the molecule is CCOc1cc(C(=O)NCc2cn(CC)nc2C)ccc1OC(F)F. The molecule has 136 valence electrons. The molecule has 0 spiro atoms. The predicted molar refractivity (Wildman–Crippen MR) is 88.1 cm³/mol. The predicted octanol–water partition coefficient (Wildman–Crippen LogP) is 3.14. The molecule has 1 N–H and O–H groups in total. The summed E-state index contributed by atoms with van der Waals surface area (Å²) in [5, 5.41) is 7.10. The summed E-state index contributed by atoms with van der Waals surface area (Å²) in [6, 6.07) is 4.10. The van der Waals surface area contributed by atoms with E-state index in [0.717, 1.165) is 17.8 Å². The summed E-state index contributed by atoms with van der Waals surface area (Å²) in [4.78, 5) is 12.3. The summed E-state index contributed by atoms with van der Waals surface area (Å²) in [5.41, 5.74) is 2.06. The van der Waals surface area contributed by atoms with Crippen LogP contribution in [0.4, 0.5) is 8.78 Å². The topological polar surface area (TPSA) is 65.4 Å². The van der Waals surface area contributed by atoms with Gasteiger partial charge in [-0.1, -0.05) is 0 Å². The first kappa shape index (κ1) is 18.7. The van der Waals surface area contributed by atoms with Crippen molar-refractivity contribution in [3.05, 3.63) is 41.2 Å². The van der Waals surface area contributed by atoms with Crippen molar-refractivity contribution < 1.29 is 23.0 Å². The van der Waals surface area contributed by atoms with E-state index in [2.05, 4.69) is 15.2 Å². The fourth-order valence-electron chi connectivity index (χ4n) is 2.28. The Balaban J connectivity index is 2.10. The number of hydrogen-bond donors (Lipinski definition) is 1. The van der Waals surface area contributed by atoms with Crippen LogP contribution in [-0.4, -0.2) is 28.9 Å². The lowest BCUT2D eigenvalue weighted by Crippen LogP contribution is -2.23. The molecule has 0 radical (unpaired) electrons. The van der Waals surface area contributed by atoms with Gasteiger partial charge in [0.1, 0.15) is 0 Å². The van der Waals surface area contributed by atoms with Gasteiger partial charge < -0.3 is 14.8 Å². The molecule has 0 saturated carbocycles. The molecule has 1 heterocycles. The van der Waals surface area contributed by atoms with E-state index in [1.165, 1.54) is 18.2 Å². The second-order valence-electron chi connectivity index (χ2n) is 5.25. The zero-order valence-electron chi connectivity index (χ0n) is 14.4. The molecule has 1 aromatic heterocycles. The Hall–Kier alpha value is -2.64. The highest BCUT2D eigenvalue weighted by Gasteiger charge is 2.15. The van der Waals surface area contributed by atoms with Crippen molar-refractivity contribution in [2.75, 3.05) is 6.61 Å². The molecule has 8 heteroatoms. The van der Waals surface area contributed by atoms with Crippen LogP contribution in [0.5, 0.6) is 11.5 Å². The van der Waals surface area contributed by atoms with E-state index >= 15 is 0 Å². The molecule has 0 atom stereocenters. The van der Waals surface area contributed by atoms with E-state index in [9.17, 15) is 13.6 Å². The molecular weight excluding hydrogens is 332 g/mol. The molecule has 25 heavy (non-hydrogen) atoms. The van der Waals surface area contributed by atoms with Crippen molar-refractivity contribution >= 4 is 5.91 Å². The second kappa shape index (κ2) is 8.46. The lowest BCUT2D eigenvalue weighted by atomic mass is 10.1. The molecule has 1 amide bonds. The van der Waals surface area contributed by atoms with Crippen LogP contribution in [0.3, 0.4) is 0 Å². The highest BCUT2D eigenvalue weighted by Crippen LogP contribution is 2.29. The number of ether oxygens (including phenoxy) is 2. The Morgan fingerprint density at radius 3 is 2.68 bits per heavy atom. The van der Waals surface area contributed by atoms with Crippen molar-refractivity contribution in [1.82, 2.24) is 15.1 Å². The third-order valence-corrected chi connectivity index (χ3v) is 3.53. The Morgan fingerprint density at radius 2 is 2.08 bits per heavy atom. The Bertz CT molecular complexity index is 732. The van der Waals surface area contributed by atoms with Crippen LogP contribution in [0.25, 0.3) is 0 Å². The lowest BCUT2D eigenvalue weighted by Gasteiger charge is -2.12. The van der Waals surface area contributed by atoms with Gasteiger partial charge in [0.25, 0.3) is 5.91 Å². The number of halogens is 2. The number of benzene rings is 1. The first-order valence-corrected chi connectivity index (χ1v) is 7.97. The number of alkyl halides is 2. The van der Waals surface area contributed by atoms with Crippen molar-refractivity contribution in [3.8, 4) is 11.5 Å². The summed E-state index contributed by atoms with van der Waals surface area (Å²) in [6.07, 6.45) is 1.88. The van der Waals surface area contributed by atoms with Gasteiger partial charge in [-0.15, -0.1) is 0 Å². The van der Waals surface area contributed by atoms with Gasteiger partial charge in [0.2, 0.25) is 0 Å². The molecule has 0 aliphatic carbocycles. The van der Waals surface area contributed by atoms with Crippen LogP contribution < -0.4 is 14.8 Å². The summed E-state index contributed by atoms with van der Waals surface area (Å²) in [6.45, 7) is 3.94. The summed E-state index contributed by atoms with van der Waals surface area (Å²) >= 11 is 0. The average Bonchev–Trinajstić information content (AvgIpc) is 2.94. The summed E-state index contributed by atoms with van der Waals surface area (Å²) < 4.78 is 36.3. The maximum atomic E-state index is 12.4. The van der Waals surface area contributed by atoms with E-state index in [4.69, 9.17) is 4.74 Å². The third-order valence-electron chi connectivity index (χ3n) is 3.53. The van der Waals surface area contributed by atoms with E-state index in [1.807, 2.05) is 20.0 Å². The molecule has 2 aromatic rings. The summed E-state index contributed by atoms with van der Waals surface area (Å²) in [5.74, 6) is -0.341. The monoisotopic (exact) mass is 353 g/mol. The second-order valence-corrected chi connectivity index (χ2v) is 5.25. The van der Waals surface area contributed by atoms with Gasteiger partial charge >= 0.3 is 6.61 Å². The van der Waals surface area contributed by atoms with Crippen LogP contribution in [0, 0.1) is 6.92 Å². The Morgan fingerprint density at radius 1 is 1.32 bits per heavy atom. The quantitative estimate of drug-likeness (QED) is 0.792. The van der Waals surface area contributed by atoms with Crippen molar-refractivity contribution in [2.24, 2.45) is 0 Å². The number of hydrogen-bond acceptors (Lipinski definition) is 4. The number of nitrogens with zero attached hydrogens (tertiary/aromatic N) is 2.